The van der Waals surface area contributed by atoms with Crippen molar-refractivity contribution >= 4 is 11.9 Å². The van der Waals surface area contributed by atoms with E-state index in [1.54, 1.807) is 67.6 Å². The zero-order valence-electron chi connectivity index (χ0n) is 15.5. The van der Waals surface area contributed by atoms with E-state index in [0.29, 0.717) is 17.5 Å². The van der Waals surface area contributed by atoms with Gasteiger partial charge in [0.25, 0.3) is 5.91 Å². The minimum Gasteiger partial charge on any atom is -0.439 e. The van der Waals surface area contributed by atoms with Gasteiger partial charge < -0.3 is 20.3 Å². The number of carbonyl (C=O) groups is 2. The number of nitrogens with one attached hydrogen (secondary N) is 1. The van der Waals surface area contributed by atoms with E-state index >= 15 is 0 Å². The number of aliphatic hydroxyl groups excluding tert-OH is 2. The van der Waals surface area contributed by atoms with Crippen molar-refractivity contribution in [3.63, 3.8) is 0 Å². The molecular weight excluding hydrogens is 346 g/mol. The van der Waals surface area contributed by atoms with Gasteiger partial charge in [-0.25, -0.2) is 0 Å². The van der Waals surface area contributed by atoms with Crippen molar-refractivity contribution < 1.29 is 24.5 Å². The molecule has 0 fully saturated rings. The van der Waals surface area contributed by atoms with Crippen molar-refractivity contribution in [3.8, 4) is 0 Å². The number of benzene rings is 2. The molecule has 2 rings (SSSR count). The van der Waals surface area contributed by atoms with Crippen molar-refractivity contribution in [1.29, 1.82) is 0 Å². The van der Waals surface area contributed by atoms with Crippen LogP contribution in [0.2, 0.25) is 0 Å². The molecule has 0 bridgehead atoms. The van der Waals surface area contributed by atoms with Crippen LogP contribution in [0.25, 0.3) is 0 Å². The molecule has 2 aromatic carbocycles. The predicted octanol–water partition coefficient (Wildman–Crippen LogP) is 1.74. The fourth-order valence-electron chi connectivity index (χ4n) is 2.92. The monoisotopic (exact) mass is 371 g/mol. The summed E-state index contributed by atoms with van der Waals surface area (Å²) in [6, 6.07) is 17.4. The standard InChI is InChI=1S/C21H25NO5/c1-3-20(14-23,15-24)22-19(26)21(27-16(2)25,17-10-6-4-7-11-17)18-12-8-5-9-13-18/h4-13,23-24H,3,14-15H2,1-2H3,(H,22,26). The van der Waals surface area contributed by atoms with Crippen molar-refractivity contribution in [1.82, 2.24) is 5.32 Å². The van der Waals surface area contributed by atoms with Crippen molar-refractivity contribution in [3.05, 3.63) is 71.8 Å². The summed E-state index contributed by atoms with van der Waals surface area (Å²) >= 11 is 0. The normalized spacial score (nSPS) is 11.7. The smallest absolute Gasteiger partial charge is 0.304 e. The maximum atomic E-state index is 13.5. The highest BCUT2D eigenvalue weighted by Gasteiger charge is 2.48. The van der Waals surface area contributed by atoms with E-state index in [0.717, 1.165) is 0 Å². The van der Waals surface area contributed by atoms with Gasteiger partial charge in [-0.3, -0.25) is 9.59 Å². The summed E-state index contributed by atoms with van der Waals surface area (Å²) in [6.45, 7) is 2.07. The lowest BCUT2D eigenvalue weighted by atomic mass is 9.83. The van der Waals surface area contributed by atoms with Gasteiger partial charge in [-0.2, -0.15) is 0 Å². The van der Waals surface area contributed by atoms with E-state index in [9.17, 15) is 19.8 Å². The molecule has 6 nitrogen and oxygen atoms in total. The molecule has 0 aliphatic heterocycles. The Bertz CT molecular complexity index is 709. The van der Waals surface area contributed by atoms with Crippen LogP contribution in [0.15, 0.2) is 60.7 Å². The largest absolute Gasteiger partial charge is 0.439 e. The SMILES string of the molecule is CCC(CO)(CO)NC(=O)C(OC(C)=O)(c1ccccc1)c1ccccc1. The number of hydrogen-bond acceptors (Lipinski definition) is 5. The summed E-state index contributed by atoms with van der Waals surface area (Å²) in [5, 5.41) is 22.2. The van der Waals surface area contributed by atoms with Crippen LogP contribution in [0.5, 0.6) is 0 Å². The average molecular weight is 371 g/mol. The van der Waals surface area contributed by atoms with Gasteiger partial charge in [-0.05, 0) is 6.42 Å². The van der Waals surface area contributed by atoms with Crippen molar-refractivity contribution in [2.24, 2.45) is 0 Å². The molecule has 0 aliphatic carbocycles. The van der Waals surface area contributed by atoms with Gasteiger partial charge in [0.2, 0.25) is 5.60 Å². The van der Waals surface area contributed by atoms with E-state index in [-0.39, 0.29) is 0 Å². The summed E-state index contributed by atoms with van der Waals surface area (Å²) in [5.74, 6) is -1.27. The van der Waals surface area contributed by atoms with E-state index < -0.39 is 36.2 Å². The Morgan fingerprint density at radius 3 is 1.70 bits per heavy atom. The summed E-state index contributed by atoms with van der Waals surface area (Å²) in [7, 11) is 0. The summed E-state index contributed by atoms with van der Waals surface area (Å²) in [5.41, 5.74) is -2.06. The topological polar surface area (TPSA) is 95.9 Å². The molecule has 0 spiro atoms. The van der Waals surface area contributed by atoms with Gasteiger partial charge >= 0.3 is 5.97 Å². The maximum absolute atomic E-state index is 13.5. The molecule has 0 unspecified atom stereocenters. The van der Waals surface area contributed by atoms with Crippen LogP contribution in [-0.2, 0) is 19.9 Å². The minimum absolute atomic E-state index is 0.297. The van der Waals surface area contributed by atoms with Crippen molar-refractivity contribution in [2.75, 3.05) is 13.2 Å². The Hall–Kier alpha value is -2.70. The zero-order chi connectivity index (χ0) is 19.9. The molecule has 0 radical (unpaired) electrons. The van der Waals surface area contributed by atoms with Crippen molar-refractivity contribution in [2.45, 2.75) is 31.4 Å². The first kappa shape index (κ1) is 20.6. The lowest BCUT2D eigenvalue weighted by molar-refractivity contribution is -0.165. The Morgan fingerprint density at radius 1 is 0.926 bits per heavy atom. The molecule has 0 heterocycles. The minimum atomic E-state index is -1.75. The molecule has 0 saturated heterocycles. The second-order valence-corrected chi connectivity index (χ2v) is 6.41. The third kappa shape index (κ3) is 4.18. The van der Waals surface area contributed by atoms with E-state index in [4.69, 9.17) is 4.74 Å². The molecule has 0 saturated carbocycles. The van der Waals surface area contributed by atoms with Gasteiger partial charge in [-0.1, -0.05) is 67.6 Å². The summed E-state index contributed by atoms with van der Waals surface area (Å²) in [6.07, 6.45) is 0.297. The fourth-order valence-corrected chi connectivity index (χ4v) is 2.92. The number of amides is 1. The lowest BCUT2D eigenvalue weighted by Crippen LogP contribution is -2.60. The van der Waals surface area contributed by atoms with Crippen LogP contribution >= 0.6 is 0 Å². The Balaban J connectivity index is 2.67. The Kier molecular flexibility index (Phi) is 6.71. The Labute approximate surface area is 158 Å². The molecule has 27 heavy (non-hydrogen) atoms. The summed E-state index contributed by atoms with van der Waals surface area (Å²) in [4.78, 5) is 25.5. The van der Waals surface area contributed by atoms with Gasteiger partial charge in [0.15, 0.2) is 0 Å². The van der Waals surface area contributed by atoms with E-state index in [1.807, 2.05) is 0 Å². The molecule has 6 heteroatoms. The molecule has 0 aliphatic rings. The van der Waals surface area contributed by atoms with Crippen LogP contribution in [0, 0.1) is 0 Å². The van der Waals surface area contributed by atoms with Crippen LogP contribution in [0.4, 0.5) is 0 Å². The maximum Gasteiger partial charge on any atom is 0.304 e. The second-order valence-electron chi connectivity index (χ2n) is 6.41. The number of hydrogen-bond donors (Lipinski definition) is 3. The van der Waals surface area contributed by atoms with E-state index in [2.05, 4.69) is 5.32 Å². The third-order valence-corrected chi connectivity index (χ3v) is 4.64. The Morgan fingerprint density at radius 2 is 1.37 bits per heavy atom. The molecule has 1 amide bonds. The zero-order valence-corrected chi connectivity index (χ0v) is 15.5. The predicted molar refractivity (Wildman–Crippen MR) is 101 cm³/mol. The highest BCUT2D eigenvalue weighted by atomic mass is 16.6. The molecule has 0 aromatic heterocycles. The molecule has 144 valence electrons. The molecular formula is C21H25NO5. The number of carbonyl (C=O) groups excluding carboxylic acids is 2. The highest BCUT2D eigenvalue weighted by molar-refractivity contribution is 5.93. The fraction of sp³-hybridized carbons (Fsp3) is 0.333. The summed E-state index contributed by atoms with van der Waals surface area (Å²) < 4.78 is 5.64. The highest BCUT2D eigenvalue weighted by Crippen LogP contribution is 2.35. The van der Waals surface area contributed by atoms with Crippen LogP contribution in [-0.4, -0.2) is 40.8 Å². The van der Waals surface area contributed by atoms with Crippen LogP contribution in [0.1, 0.15) is 31.4 Å². The lowest BCUT2D eigenvalue weighted by Gasteiger charge is -2.37. The first-order chi connectivity index (χ1) is 12.9. The van der Waals surface area contributed by atoms with E-state index in [1.165, 1.54) is 6.92 Å². The van der Waals surface area contributed by atoms with Gasteiger partial charge in [-0.15, -0.1) is 0 Å². The number of aliphatic hydroxyl groups is 2. The third-order valence-electron chi connectivity index (χ3n) is 4.64. The van der Waals surface area contributed by atoms with Crippen LogP contribution < -0.4 is 5.32 Å². The van der Waals surface area contributed by atoms with Gasteiger partial charge in [0, 0.05) is 18.1 Å². The molecule has 3 N–H and O–H groups in total. The number of rotatable bonds is 8. The average Bonchev–Trinajstić information content (AvgIpc) is 2.71. The van der Waals surface area contributed by atoms with Gasteiger partial charge in [0.1, 0.15) is 0 Å². The van der Waals surface area contributed by atoms with Gasteiger partial charge in [0.05, 0.1) is 18.8 Å². The van der Waals surface area contributed by atoms with Crippen LogP contribution in [0.3, 0.4) is 0 Å². The molecule has 0 atom stereocenters. The second kappa shape index (κ2) is 8.79. The number of ether oxygens (including phenoxy) is 1. The molecule has 2 aromatic rings. The number of esters is 1. The first-order valence-electron chi connectivity index (χ1n) is 8.79. The quantitative estimate of drug-likeness (QED) is 0.615. The first-order valence-corrected chi connectivity index (χ1v) is 8.79.